The summed E-state index contributed by atoms with van der Waals surface area (Å²) in [5, 5.41) is 1.17. The Bertz CT molecular complexity index is 583. The first-order valence-electron chi connectivity index (χ1n) is 7.48. The molecule has 0 bridgehead atoms. The van der Waals surface area contributed by atoms with Gasteiger partial charge in [-0.3, -0.25) is 4.98 Å². The van der Waals surface area contributed by atoms with Crippen molar-refractivity contribution >= 4 is 16.6 Å². The molecule has 21 heavy (non-hydrogen) atoms. The lowest BCUT2D eigenvalue weighted by molar-refractivity contribution is 0.204. The standard InChI is InChI=1S/C17H25N3O/c1-13(2)12-20(8-9-21-3)17-10-14(11-18)19-16-7-5-4-6-15(16)17/h4-7,10,13H,8-9,11-12,18H2,1-3H3. The fraction of sp³-hybridized carbons (Fsp3) is 0.471. The summed E-state index contributed by atoms with van der Waals surface area (Å²) < 4.78 is 5.26. The second-order valence-corrected chi connectivity index (χ2v) is 5.69. The minimum atomic E-state index is 0.456. The lowest BCUT2D eigenvalue weighted by atomic mass is 10.1. The first kappa shape index (κ1) is 15.7. The van der Waals surface area contributed by atoms with E-state index in [2.05, 4.69) is 41.9 Å². The molecule has 0 aliphatic heterocycles. The van der Waals surface area contributed by atoms with Crippen molar-refractivity contribution in [1.29, 1.82) is 0 Å². The van der Waals surface area contributed by atoms with Gasteiger partial charge in [0.2, 0.25) is 0 Å². The summed E-state index contributed by atoms with van der Waals surface area (Å²) >= 11 is 0. The molecule has 0 saturated carbocycles. The van der Waals surface area contributed by atoms with Gasteiger partial charge in [0.05, 0.1) is 17.8 Å². The van der Waals surface area contributed by atoms with Gasteiger partial charge in [0.25, 0.3) is 0 Å². The molecule has 2 rings (SSSR count). The fourth-order valence-corrected chi connectivity index (χ4v) is 2.53. The second-order valence-electron chi connectivity index (χ2n) is 5.69. The fourth-order valence-electron chi connectivity index (χ4n) is 2.53. The largest absolute Gasteiger partial charge is 0.383 e. The van der Waals surface area contributed by atoms with Crippen molar-refractivity contribution in [3.8, 4) is 0 Å². The highest BCUT2D eigenvalue weighted by Gasteiger charge is 2.13. The van der Waals surface area contributed by atoms with E-state index < -0.39 is 0 Å². The number of methoxy groups -OCH3 is 1. The molecular weight excluding hydrogens is 262 g/mol. The minimum Gasteiger partial charge on any atom is -0.383 e. The number of para-hydroxylation sites is 1. The predicted molar refractivity (Wildman–Crippen MR) is 88.6 cm³/mol. The van der Waals surface area contributed by atoms with Crippen molar-refractivity contribution in [2.24, 2.45) is 11.7 Å². The number of anilines is 1. The lowest BCUT2D eigenvalue weighted by Gasteiger charge is -2.28. The zero-order valence-corrected chi connectivity index (χ0v) is 13.2. The molecule has 114 valence electrons. The highest BCUT2D eigenvalue weighted by molar-refractivity contribution is 5.92. The summed E-state index contributed by atoms with van der Waals surface area (Å²) in [5.74, 6) is 0.579. The number of hydrogen-bond donors (Lipinski definition) is 1. The van der Waals surface area contributed by atoms with E-state index in [1.807, 2.05) is 12.1 Å². The molecule has 1 aromatic heterocycles. The zero-order valence-electron chi connectivity index (χ0n) is 13.2. The van der Waals surface area contributed by atoms with E-state index in [1.54, 1.807) is 7.11 Å². The van der Waals surface area contributed by atoms with Crippen LogP contribution in [0.2, 0.25) is 0 Å². The average molecular weight is 287 g/mol. The number of benzene rings is 1. The van der Waals surface area contributed by atoms with Crippen molar-refractivity contribution < 1.29 is 4.74 Å². The number of pyridine rings is 1. The summed E-state index contributed by atoms with van der Waals surface area (Å²) in [6.07, 6.45) is 0. The van der Waals surface area contributed by atoms with Crippen LogP contribution < -0.4 is 10.6 Å². The van der Waals surface area contributed by atoms with E-state index >= 15 is 0 Å². The third-order valence-electron chi connectivity index (χ3n) is 3.45. The lowest BCUT2D eigenvalue weighted by Crippen LogP contribution is -2.31. The molecule has 0 unspecified atom stereocenters. The SMILES string of the molecule is COCCN(CC(C)C)c1cc(CN)nc2ccccc12. The molecule has 0 aliphatic rings. The molecule has 0 spiro atoms. The van der Waals surface area contributed by atoms with Gasteiger partial charge in [-0.2, -0.15) is 0 Å². The van der Waals surface area contributed by atoms with E-state index in [9.17, 15) is 0 Å². The number of rotatable bonds is 7. The Labute approximate surface area is 126 Å². The highest BCUT2D eigenvalue weighted by atomic mass is 16.5. The molecule has 1 aromatic carbocycles. The molecule has 2 N–H and O–H groups in total. The molecule has 1 heterocycles. The van der Waals surface area contributed by atoms with E-state index in [4.69, 9.17) is 10.5 Å². The normalized spacial score (nSPS) is 11.3. The first-order chi connectivity index (χ1) is 10.2. The van der Waals surface area contributed by atoms with Crippen molar-refractivity contribution in [2.75, 3.05) is 31.7 Å². The number of nitrogens with two attached hydrogens (primary N) is 1. The molecular formula is C17H25N3O. The van der Waals surface area contributed by atoms with E-state index in [1.165, 1.54) is 11.1 Å². The van der Waals surface area contributed by atoms with Gasteiger partial charge in [-0.25, -0.2) is 0 Å². The monoisotopic (exact) mass is 287 g/mol. The van der Waals surface area contributed by atoms with Crippen LogP contribution in [0.3, 0.4) is 0 Å². The summed E-state index contributed by atoms with van der Waals surface area (Å²) in [6, 6.07) is 10.3. The van der Waals surface area contributed by atoms with Crippen molar-refractivity contribution in [3.05, 3.63) is 36.0 Å². The summed E-state index contributed by atoms with van der Waals surface area (Å²) in [6.45, 7) is 7.48. The van der Waals surface area contributed by atoms with E-state index in [-0.39, 0.29) is 0 Å². The van der Waals surface area contributed by atoms with Crippen LogP contribution in [0.15, 0.2) is 30.3 Å². The molecule has 2 aromatic rings. The van der Waals surface area contributed by atoms with Crippen LogP contribution in [0.4, 0.5) is 5.69 Å². The maximum absolute atomic E-state index is 5.81. The van der Waals surface area contributed by atoms with Gasteiger partial charge < -0.3 is 15.4 Å². The zero-order chi connectivity index (χ0) is 15.2. The molecule has 0 atom stereocenters. The Kier molecular flexibility index (Phi) is 5.53. The van der Waals surface area contributed by atoms with Crippen molar-refractivity contribution in [2.45, 2.75) is 20.4 Å². The molecule has 4 nitrogen and oxygen atoms in total. The van der Waals surface area contributed by atoms with Crippen molar-refractivity contribution in [3.63, 3.8) is 0 Å². The van der Waals surface area contributed by atoms with Crippen LogP contribution in [0.5, 0.6) is 0 Å². The van der Waals surface area contributed by atoms with Crippen LogP contribution in [-0.4, -0.2) is 31.8 Å². The predicted octanol–water partition coefficient (Wildman–Crippen LogP) is 2.80. The minimum absolute atomic E-state index is 0.456. The van der Waals surface area contributed by atoms with Gasteiger partial charge >= 0.3 is 0 Å². The topological polar surface area (TPSA) is 51.4 Å². The number of fused-ring (bicyclic) bond motifs is 1. The maximum atomic E-state index is 5.81. The molecule has 0 saturated heterocycles. The quantitative estimate of drug-likeness (QED) is 0.851. The summed E-state index contributed by atoms with van der Waals surface area (Å²) in [5.41, 5.74) is 8.93. The van der Waals surface area contributed by atoms with Gasteiger partial charge in [0.1, 0.15) is 0 Å². The van der Waals surface area contributed by atoms with Crippen LogP contribution in [0, 0.1) is 5.92 Å². The molecule has 4 heteroatoms. The Balaban J connectivity index is 2.48. The Morgan fingerprint density at radius 1 is 1.29 bits per heavy atom. The Hall–Kier alpha value is -1.65. The summed E-state index contributed by atoms with van der Waals surface area (Å²) in [4.78, 5) is 6.99. The van der Waals surface area contributed by atoms with E-state index in [0.29, 0.717) is 19.1 Å². The number of ether oxygens (including phenoxy) is 1. The van der Waals surface area contributed by atoms with Gasteiger partial charge in [-0.05, 0) is 18.1 Å². The van der Waals surface area contributed by atoms with Gasteiger partial charge in [-0.1, -0.05) is 32.0 Å². The van der Waals surface area contributed by atoms with E-state index in [0.717, 1.165) is 24.3 Å². The molecule has 0 aliphatic carbocycles. The maximum Gasteiger partial charge on any atom is 0.0726 e. The molecule has 0 fully saturated rings. The van der Waals surface area contributed by atoms with Gasteiger partial charge in [0.15, 0.2) is 0 Å². The van der Waals surface area contributed by atoms with Crippen LogP contribution in [0.1, 0.15) is 19.5 Å². The third kappa shape index (κ3) is 3.93. The Morgan fingerprint density at radius 2 is 2.05 bits per heavy atom. The van der Waals surface area contributed by atoms with Gasteiger partial charge in [0, 0.05) is 37.8 Å². The van der Waals surface area contributed by atoms with Gasteiger partial charge in [-0.15, -0.1) is 0 Å². The second kappa shape index (κ2) is 7.38. The highest BCUT2D eigenvalue weighted by Crippen LogP contribution is 2.27. The molecule has 0 amide bonds. The van der Waals surface area contributed by atoms with Crippen molar-refractivity contribution in [1.82, 2.24) is 4.98 Å². The number of hydrogen-bond acceptors (Lipinski definition) is 4. The summed E-state index contributed by atoms with van der Waals surface area (Å²) in [7, 11) is 1.74. The average Bonchev–Trinajstić information content (AvgIpc) is 2.50. The molecule has 0 radical (unpaired) electrons. The van der Waals surface area contributed by atoms with Crippen LogP contribution >= 0.6 is 0 Å². The smallest absolute Gasteiger partial charge is 0.0726 e. The van der Waals surface area contributed by atoms with Crippen LogP contribution in [0.25, 0.3) is 10.9 Å². The van der Waals surface area contributed by atoms with Crippen LogP contribution in [-0.2, 0) is 11.3 Å². The number of aromatic nitrogens is 1. The Morgan fingerprint density at radius 3 is 2.71 bits per heavy atom. The number of nitrogens with zero attached hydrogens (tertiary/aromatic N) is 2. The first-order valence-corrected chi connectivity index (χ1v) is 7.48. The third-order valence-corrected chi connectivity index (χ3v) is 3.45.